The maximum atomic E-state index is 12.7. The Morgan fingerprint density at radius 1 is 1.11 bits per heavy atom. The van der Waals surface area contributed by atoms with Crippen molar-refractivity contribution in [3.8, 4) is 5.75 Å². The molecule has 1 amide bonds. The van der Waals surface area contributed by atoms with Gasteiger partial charge in [-0.25, -0.2) is 4.79 Å². The highest BCUT2D eigenvalue weighted by Crippen LogP contribution is 2.34. The van der Waals surface area contributed by atoms with Crippen molar-refractivity contribution in [2.24, 2.45) is 0 Å². The number of rotatable bonds is 4. The Hall–Kier alpha value is -3.16. The highest BCUT2D eigenvalue weighted by molar-refractivity contribution is 7.80. The predicted molar refractivity (Wildman–Crippen MR) is 113 cm³/mol. The molecule has 0 aliphatic carbocycles. The van der Waals surface area contributed by atoms with E-state index < -0.39 is 11.9 Å². The van der Waals surface area contributed by atoms with Gasteiger partial charge < -0.3 is 15.2 Å². The SMILES string of the molecule is COc1c(Cl)cc(C(=O)O)cc1NC(=S)NC(=O)c1cccc2ccccc12. The van der Waals surface area contributed by atoms with Gasteiger partial charge in [0.1, 0.15) is 0 Å². The normalized spacial score (nSPS) is 10.4. The van der Waals surface area contributed by atoms with Crippen LogP contribution in [0.4, 0.5) is 5.69 Å². The average Bonchev–Trinajstić information content (AvgIpc) is 2.67. The van der Waals surface area contributed by atoms with E-state index in [1.165, 1.54) is 19.2 Å². The van der Waals surface area contributed by atoms with Crippen molar-refractivity contribution in [3.05, 3.63) is 70.7 Å². The number of carbonyl (C=O) groups excluding carboxylic acids is 1. The first-order chi connectivity index (χ1) is 13.4. The smallest absolute Gasteiger partial charge is 0.335 e. The van der Waals surface area contributed by atoms with Gasteiger partial charge in [-0.15, -0.1) is 0 Å². The number of halogens is 1. The van der Waals surface area contributed by atoms with E-state index in [2.05, 4.69) is 10.6 Å². The second kappa shape index (κ2) is 8.24. The van der Waals surface area contributed by atoms with Crippen LogP contribution in [0, 0.1) is 0 Å². The zero-order valence-corrected chi connectivity index (χ0v) is 16.2. The zero-order valence-electron chi connectivity index (χ0n) is 14.7. The molecular formula is C20H15ClN2O4S. The zero-order chi connectivity index (χ0) is 20.3. The van der Waals surface area contributed by atoms with Crippen molar-refractivity contribution in [1.82, 2.24) is 5.32 Å². The van der Waals surface area contributed by atoms with Gasteiger partial charge >= 0.3 is 5.97 Å². The maximum absolute atomic E-state index is 12.7. The third-order valence-corrected chi connectivity index (χ3v) is 4.49. The number of anilines is 1. The average molecular weight is 415 g/mol. The number of hydrogen-bond acceptors (Lipinski definition) is 4. The van der Waals surface area contributed by atoms with Crippen LogP contribution in [0.3, 0.4) is 0 Å². The minimum absolute atomic E-state index is 0.0187. The summed E-state index contributed by atoms with van der Waals surface area (Å²) in [5.74, 6) is -1.33. The van der Waals surface area contributed by atoms with Crippen molar-refractivity contribution in [2.75, 3.05) is 12.4 Å². The summed E-state index contributed by atoms with van der Waals surface area (Å²) in [6.45, 7) is 0. The Labute approximate surface area is 171 Å². The molecule has 8 heteroatoms. The Morgan fingerprint density at radius 3 is 2.54 bits per heavy atom. The molecule has 3 rings (SSSR count). The third kappa shape index (κ3) is 4.05. The van der Waals surface area contributed by atoms with Crippen molar-refractivity contribution in [3.63, 3.8) is 0 Å². The number of ether oxygens (including phenoxy) is 1. The van der Waals surface area contributed by atoms with Gasteiger partial charge in [0.2, 0.25) is 0 Å². The minimum atomic E-state index is -1.15. The van der Waals surface area contributed by atoms with E-state index >= 15 is 0 Å². The number of amides is 1. The van der Waals surface area contributed by atoms with Crippen LogP contribution in [0.1, 0.15) is 20.7 Å². The molecule has 0 radical (unpaired) electrons. The molecule has 0 fully saturated rings. The number of thiocarbonyl (C=S) groups is 1. The standard InChI is InChI=1S/C20H15ClN2O4S/c1-27-17-15(21)9-12(19(25)26)10-16(17)22-20(28)23-18(24)14-8-4-6-11-5-2-3-7-13(11)14/h2-10H,1H3,(H,25,26)(H2,22,23,24,28). The van der Waals surface area contributed by atoms with E-state index in [-0.39, 0.29) is 27.1 Å². The van der Waals surface area contributed by atoms with Crippen molar-refractivity contribution in [1.29, 1.82) is 0 Å². The summed E-state index contributed by atoms with van der Waals surface area (Å²) in [6.07, 6.45) is 0. The number of fused-ring (bicyclic) bond motifs is 1. The van der Waals surface area contributed by atoms with Gasteiger partial charge in [0.05, 0.1) is 23.4 Å². The second-order valence-electron chi connectivity index (χ2n) is 5.78. The molecule has 3 aromatic carbocycles. The summed E-state index contributed by atoms with van der Waals surface area (Å²) in [5.41, 5.74) is 0.652. The van der Waals surface area contributed by atoms with Crippen LogP contribution in [0.2, 0.25) is 5.02 Å². The van der Waals surface area contributed by atoms with Gasteiger partial charge in [0.15, 0.2) is 10.9 Å². The molecule has 0 saturated heterocycles. The molecule has 6 nitrogen and oxygen atoms in total. The number of methoxy groups -OCH3 is 1. The molecule has 3 aromatic rings. The Morgan fingerprint density at radius 2 is 1.82 bits per heavy atom. The molecule has 0 spiro atoms. The molecule has 0 saturated carbocycles. The largest absolute Gasteiger partial charge is 0.493 e. The van der Waals surface area contributed by atoms with Crippen molar-refractivity contribution >= 4 is 57.3 Å². The van der Waals surface area contributed by atoms with Crippen LogP contribution in [-0.2, 0) is 0 Å². The molecule has 3 N–H and O–H groups in total. The van der Waals surface area contributed by atoms with Crippen molar-refractivity contribution < 1.29 is 19.4 Å². The number of nitrogens with one attached hydrogen (secondary N) is 2. The highest BCUT2D eigenvalue weighted by atomic mass is 35.5. The highest BCUT2D eigenvalue weighted by Gasteiger charge is 2.17. The first kappa shape index (κ1) is 19.6. The molecular weight excluding hydrogens is 400 g/mol. The monoisotopic (exact) mass is 414 g/mol. The lowest BCUT2D eigenvalue weighted by atomic mass is 10.0. The third-order valence-electron chi connectivity index (χ3n) is 4.00. The topological polar surface area (TPSA) is 87.7 Å². The van der Waals surface area contributed by atoms with Gasteiger partial charge in [0.25, 0.3) is 5.91 Å². The fourth-order valence-corrected chi connectivity index (χ4v) is 3.26. The first-order valence-corrected chi connectivity index (χ1v) is 8.90. The van der Waals surface area contributed by atoms with Gasteiger partial charge in [0, 0.05) is 5.56 Å². The summed E-state index contributed by atoms with van der Waals surface area (Å²) < 4.78 is 5.20. The fourth-order valence-electron chi connectivity index (χ4n) is 2.76. The van der Waals surface area contributed by atoms with E-state index in [1.807, 2.05) is 30.3 Å². The van der Waals surface area contributed by atoms with E-state index in [9.17, 15) is 14.7 Å². The number of carboxylic acids is 1. The van der Waals surface area contributed by atoms with Crippen molar-refractivity contribution in [2.45, 2.75) is 0 Å². The lowest BCUT2D eigenvalue weighted by molar-refractivity contribution is 0.0696. The number of carbonyl (C=O) groups is 2. The summed E-state index contributed by atoms with van der Waals surface area (Å²) in [6, 6.07) is 15.5. The summed E-state index contributed by atoms with van der Waals surface area (Å²) in [5, 5.41) is 16.4. The van der Waals surface area contributed by atoms with E-state index in [1.54, 1.807) is 12.1 Å². The number of carboxylic acid groups (broad SMARTS) is 1. The van der Waals surface area contributed by atoms with E-state index in [0.717, 1.165) is 10.8 Å². The van der Waals surface area contributed by atoms with Gasteiger partial charge in [-0.05, 0) is 41.2 Å². The summed E-state index contributed by atoms with van der Waals surface area (Å²) in [7, 11) is 1.39. The lowest BCUT2D eigenvalue weighted by Gasteiger charge is -2.15. The van der Waals surface area contributed by atoms with Crippen LogP contribution in [0.5, 0.6) is 5.75 Å². The molecule has 0 aliphatic rings. The first-order valence-electron chi connectivity index (χ1n) is 8.11. The van der Waals surface area contributed by atoms with Crippen LogP contribution in [0.25, 0.3) is 10.8 Å². The maximum Gasteiger partial charge on any atom is 0.335 e. The lowest BCUT2D eigenvalue weighted by Crippen LogP contribution is -2.34. The molecule has 142 valence electrons. The fraction of sp³-hybridized carbons (Fsp3) is 0.0500. The molecule has 0 heterocycles. The predicted octanol–water partition coefficient (Wildman–Crippen LogP) is 4.33. The molecule has 0 unspecified atom stereocenters. The summed E-state index contributed by atoms with van der Waals surface area (Å²) >= 11 is 11.3. The molecule has 0 bridgehead atoms. The number of benzene rings is 3. The van der Waals surface area contributed by atoms with Crippen LogP contribution >= 0.6 is 23.8 Å². The molecule has 0 aliphatic heterocycles. The summed E-state index contributed by atoms with van der Waals surface area (Å²) in [4.78, 5) is 23.9. The van der Waals surface area contributed by atoms with E-state index in [0.29, 0.717) is 5.56 Å². The quantitative estimate of drug-likeness (QED) is 0.551. The Balaban J connectivity index is 1.84. The van der Waals surface area contributed by atoms with Gasteiger partial charge in [-0.3, -0.25) is 10.1 Å². The van der Waals surface area contributed by atoms with Gasteiger partial charge in [-0.1, -0.05) is 48.0 Å². The minimum Gasteiger partial charge on any atom is -0.493 e. The second-order valence-corrected chi connectivity index (χ2v) is 6.59. The molecule has 28 heavy (non-hydrogen) atoms. The van der Waals surface area contributed by atoms with Crippen LogP contribution in [-0.4, -0.2) is 29.2 Å². The van der Waals surface area contributed by atoms with Crippen LogP contribution in [0.15, 0.2) is 54.6 Å². The van der Waals surface area contributed by atoms with Gasteiger partial charge in [-0.2, -0.15) is 0 Å². The molecule has 0 aromatic heterocycles. The Kier molecular flexibility index (Phi) is 5.77. The van der Waals surface area contributed by atoms with Crippen LogP contribution < -0.4 is 15.4 Å². The van der Waals surface area contributed by atoms with E-state index in [4.69, 9.17) is 28.6 Å². The number of hydrogen-bond donors (Lipinski definition) is 3. The Bertz CT molecular complexity index is 1100. The number of aromatic carboxylic acids is 1. The molecule has 0 atom stereocenters.